The highest BCUT2D eigenvalue weighted by Crippen LogP contribution is 2.45. The van der Waals surface area contributed by atoms with Crippen molar-refractivity contribution in [3.05, 3.63) is 126 Å². The highest BCUT2D eigenvalue weighted by molar-refractivity contribution is 6.30. The predicted octanol–water partition coefficient (Wildman–Crippen LogP) is 6.99. The molecule has 1 amide bonds. The van der Waals surface area contributed by atoms with Crippen LogP contribution in [0.25, 0.3) is 12.2 Å². The molecule has 2 aliphatic rings. The Morgan fingerprint density at radius 2 is 1.64 bits per heavy atom. The van der Waals surface area contributed by atoms with E-state index in [2.05, 4.69) is 0 Å². The van der Waals surface area contributed by atoms with Crippen molar-refractivity contribution >= 4 is 46.7 Å². The Bertz CT molecular complexity index is 1550. The number of non-ortho nitro benzene ring substituents is 2. The number of carbonyl (C=O) groups is 1. The van der Waals surface area contributed by atoms with Gasteiger partial charge in [0.15, 0.2) is 0 Å². The van der Waals surface area contributed by atoms with Crippen LogP contribution in [0, 0.1) is 26.1 Å². The topological polar surface area (TPSA) is 119 Å². The molecule has 0 spiro atoms. The first-order valence-electron chi connectivity index (χ1n) is 12.4. The van der Waals surface area contributed by atoms with Gasteiger partial charge in [-0.05, 0) is 65.8 Å². The summed E-state index contributed by atoms with van der Waals surface area (Å²) in [6.45, 7) is 0. The second kappa shape index (κ2) is 11.0. The van der Waals surface area contributed by atoms with Gasteiger partial charge in [-0.3, -0.25) is 25.0 Å². The molecule has 196 valence electrons. The number of nitro benzene ring substituents is 2. The maximum atomic E-state index is 13.5. The molecule has 0 N–H and O–H groups in total. The maximum Gasteiger partial charge on any atom is 0.270 e. The highest BCUT2D eigenvalue weighted by atomic mass is 35.5. The van der Waals surface area contributed by atoms with Gasteiger partial charge in [0.25, 0.3) is 17.3 Å². The summed E-state index contributed by atoms with van der Waals surface area (Å²) in [5.41, 5.74) is 3.61. The van der Waals surface area contributed by atoms with Gasteiger partial charge in [0.1, 0.15) is 0 Å². The fourth-order valence-electron chi connectivity index (χ4n) is 5.09. The molecule has 1 saturated carbocycles. The first kappa shape index (κ1) is 26.0. The average molecular weight is 543 g/mol. The maximum absolute atomic E-state index is 13.5. The van der Waals surface area contributed by atoms with E-state index < -0.39 is 15.9 Å². The van der Waals surface area contributed by atoms with Gasteiger partial charge in [0, 0.05) is 41.3 Å². The number of carbonyl (C=O) groups excluding carboxylic acids is 1. The number of fused-ring (bicyclic) bond motifs is 1. The van der Waals surface area contributed by atoms with E-state index in [1.807, 2.05) is 6.08 Å². The summed E-state index contributed by atoms with van der Waals surface area (Å²) in [7, 11) is 0. The van der Waals surface area contributed by atoms with Crippen LogP contribution in [0.2, 0.25) is 5.02 Å². The summed E-state index contributed by atoms with van der Waals surface area (Å²) in [4.78, 5) is 35.4. The summed E-state index contributed by atoms with van der Waals surface area (Å²) >= 11 is 5.96. The smallest absolute Gasteiger partial charge is 0.268 e. The van der Waals surface area contributed by atoms with E-state index in [1.165, 1.54) is 35.4 Å². The van der Waals surface area contributed by atoms with Crippen molar-refractivity contribution in [2.75, 3.05) is 0 Å². The van der Waals surface area contributed by atoms with E-state index >= 15 is 0 Å². The van der Waals surface area contributed by atoms with E-state index in [0.717, 1.165) is 29.7 Å². The molecule has 2 atom stereocenters. The molecule has 5 rings (SSSR count). The number of benzene rings is 3. The Morgan fingerprint density at radius 1 is 0.949 bits per heavy atom. The number of nitrogens with zero attached hydrogens (tertiary/aromatic N) is 4. The number of hydrazone groups is 1. The van der Waals surface area contributed by atoms with Crippen molar-refractivity contribution in [3.63, 3.8) is 0 Å². The number of nitro groups is 2. The Labute approximate surface area is 229 Å². The number of halogens is 1. The summed E-state index contributed by atoms with van der Waals surface area (Å²) in [6.07, 6.45) is 7.23. The molecule has 1 aliphatic heterocycles. The van der Waals surface area contributed by atoms with Gasteiger partial charge in [0.05, 0.1) is 21.6 Å². The summed E-state index contributed by atoms with van der Waals surface area (Å²) in [6, 6.07) is 19.2. The van der Waals surface area contributed by atoms with Crippen molar-refractivity contribution < 1.29 is 14.6 Å². The van der Waals surface area contributed by atoms with Crippen LogP contribution in [-0.4, -0.2) is 26.5 Å². The van der Waals surface area contributed by atoms with E-state index in [4.69, 9.17) is 16.7 Å². The van der Waals surface area contributed by atoms with E-state index in [9.17, 15) is 25.0 Å². The Balaban J connectivity index is 1.54. The van der Waals surface area contributed by atoms with Gasteiger partial charge in [-0.15, -0.1) is 0 Å². The van der Waals surface area contributed by atoms with Gasteiger partial charge in [-0.1, -0.05) is 48.0 Å². The van der Waals surface area contributed by atoms with Crippen LogP contribution < -0.4 is 0 Å². The quantitative estimate of drug-likeness (QED) is 0.189. The highest BCUT2D eigenvalue weighted by Gasteiger charge is 2.43. The minimum absolute atomic E-state index is 0.0105. The number of rotatable bonds is 6. The van der Waals surface area contributed by atoms with Crippen LogP contribution in [0.15, 0.2) is 89.5 Å². The summed E-state index contributed by atoms with van der Waals surface area (Å²) in [5.74, 6) is -0.545. The molecule has 1 aliphatic carbocycles. The number of amides is 1. The third-order valence-corrected chi connectivity index (χ3v) is 7.11. The largest absolute Gasteiger partial charge is 0.270 e. The zero-order valence-electron chi connectivity index (χ0n) is 20.6. The molecular formula is C29H23ClN4O5. The Kier molecular flexibility index (Phi) is 7.33. The van der Waals surface area contributed by atoms with E-state index in [0.29, 0.717) is 22.6 Å². The Hall–Kier alpha value is -4.63. The summed E-state index contributed by atoms with van der Waals surface area (Å²) < 4.78 is 0. The van der Waals surface area contributed by atoms with Crippen molar-refractivity contribution in [2.45, 2.75) is 25.3 Å². The molecule has 1 fully saturated rings. The fraction of sp³-hybridized carbons (Fsp3) is 0.172. The monoisotopic (exact) mass is 542 g/mol. The number of allylic oxidation sites excluding steroid dienone is 1. The van der Waals surface area contributed by atoms with Crippen LogP contribution >= 0.6 is 11.6 Å². The third-order valence-electron chi connectivity index (χ3n) is 6.86. The standard InChI is InChI=1S/C29H23ClN4O5/c30-23-13-10-19(11-14-23)12-15-27(35)32-29(22-6-2-8-25(18-22)34(38)39)26-9-3-5-21(28(26)31-32)16-20-4-1-7-24(17-20)33(36)37/h1-2,4,6-8,10-18,26,29H,3,5,9H2/b15-12+,21-16+/t26-,29+/m0/s1. The zero-order chi connectivity index (χ0) is 27.5. The minimum Gasteiger partial charge on any atom is -0.268 e. The molecule has 10 heteroatoms. The zero-order valence-corrected chi connectivity index (χ0v) is 21.4. The molecule has 3 aromatic carbocycles. The van der Waals surface area contributed by atoms with Crippen molar-refractivity contribution in [2.24, 2.45) is 11.0 Å². The van der Waals surface area contributed by atoms with E-state index in [-0.39, 0.29) is 23.2 Å². The van der Waals surface area contributed by atoms with Gasteiger partial charge >= 0.3 is 0 Å². The lowest BCUT2D eigenvalue weighted by Gasteiger charge is -2.29. The van der Waals surface area contributed by atoms with Crippen LogP contribution in [0.1, 0.15) is 42.0 Å². The molecule has 3 aromatic rings. The number of hydrogen-bond acceptors (Lipinski definition) is 6. The first-order chi connectivity index (χ1) is 18.8. The van der Waals surface area contributed by atoms with Gasteiger partial charge < -0.3 is 0 Å². The van der Waals surface area contributed by atoms with Crippen LogP contribution in [0.3, 0.4) is 0 Å². The van der Waals surface area contributed by atoms with Gasteiger partial charge in [-0.25, -0.2) is 5.01 Å². The molecule has 0 saturated heterocycles. The molecule has 39 heavy (non-hydrogen) atoms. The van der Waals surface area contributed by atoms with Crippen LogP contribution in [0.5, 0.6) is 0 Å². The lowest BCUT2D eigenvalue weighted by atomic mass is 9.77. The first-order valence-corrected chi connectivity index (χ1v) is 12.7. The number of hydrogen-bond donors (Lipinski definition) is 0. The third kappa shape index (κ3) is 5.63. The molecule has 0 bridgehead atoms. The van der Waals surface area contributed by atoms with Crippen molar-refractivity contribution in [1.29, 1.82) is 0 Å². The fourth-order valence-corrected chi connectivity index (χ4v) is 5.21. The molecule has 1 heterocycles. The molecule has 0 aromatic heterocycles. The molecule has 0 unspecified atom stereocenters. The lowest BCUT2D eigenvalue weighted by molar-refractivity contribution is -0.385. The normalized spacial score (nSPS) is 19.7. The van der Waals surface area contributed by atoms with Crippen LogP contribution in [-0.2, 0) is 4.79 Å². The van der Waals surface area contributed by atoms with Gasteiger partial charge in [-0.2, -0.15) is 5.10 Å². The van der Waals surface area contributed by atoms with Crippen LogP contribution in [0.4, 0.5) is 11.4 Å². The second-order valence-electron chi connectivity index (χ2n) is 9.37. The predicted molar refractivity (Wildman–Crippen MR) is 149 cm³/mol. The molecule has 0 radical (unpaired) electrons. The summed E-state index contributed by atoms with van der Waals surface area (Å²) in [5, 5.41) is 29.5. The Morgan fingerprint density at radius 3 is 2.36 bits per heavy atom. The van der Waals surface area contributed by atoms with E-state index in [1.54, 1.807) is 54.6 Å². The lowest BCUT2D eigenvalue weighted by Crippen LogP contribution is -2.31. The van der Waals surface area contributed by atoms with Crippen molar-refractivity contribution in [1.82, 2.24) is 5.01 Å². The average Bonchev–Trinajstić information content (AvgIpc) is 3.33. The molecule has 9 nitrogen and oxygen atoms in total. The van der Waals surface area contributed by atoms with Crippen molar-refractivity contribution in [3.8, 4) is 0 Å². The molecular weight excluding hydrogens is 520 g/mol. The SMILES string of the molecule is O=C(/C=C/c1ccc(Cl)cc1)N1N=C2/C(=C/c3cccc([N+](=O)[O-])c3)CCC[C@@H]2[C@H]1c1cccc([N+](=O)[O-])c1. The van der Waals surface area contributed by atoms with Gasteiger partial charge in [0.2, 0.25) is 0 Å². The second-order valence-corrected chi connectivity index (χ2v) is 9.81. The minimum atomic E-state index is -0.531.